The maximum Gasteiger partial charge on any atom is 0.0681 e. The standard InChI is InChI=1S/C7H17NO/c1-3-7(4-2)5-6-9-8/h7H,3-6,8H2,1-2H3. The molecule has 0 saturated carbocycles. The van der Waals surface area contributed by atoms with Crippen LogP contribution in [0, 0.1) is 5.92 Å². The predicted octanol–water partition coefficient (Wildman–Crippen LogP) is 1.70. The van der Waals surface area contributed by atoms with Crippen LogP contribution in [0.4, 0.5) is 0 Å². The highest BCUT2D eigenvalue weighted by molar-refractivity contribution is 4.52. The zero-order valence-corrected chi connectivity index (χ0v) is 6.39. The first-order valence-electron chi connectivity index (χ1n) is 3.66. The average molecular weight is 131 g/mol. The van der Waals surface area contributed by atoms with Crippen molar-refractivity contribution in [3.8, 4) is 0 Å². The zero-order valence-electron chi connectivity index (χ0n) is 6.39. The van der Waals surface area contributed by atoms with Crippen LogP contribution in [0.25, 0.3) is 0 Å². The maximum absolute atomic E-state index is 4.89. The highest BCUT2D eigenvalue weighted by Crippen LogP contribution is 2.11. The summed E-state index contributed by atoms with van der Waals surface area (Å²) in [5.74, 6) is 5.69. The highest BCUT2D eigenvalue weighted by atomic mass is 16.6. The largest absolute Gasteiger partial charge is 0.305 e. The van der Waals surface area contributed by atoms with E-state index in [0.717, 1.165) is 12.3 Å². The minimum Gasteiger partial charge on any atom is -0.305 e. The van der Waals surface area contributed by atoms with Crippen molar-refractivity contribution in [2.75, 3.05) is 6.61 Å². The molecule has 0 rings (SSSR count). The summed E-state index contributed by atoms with van der Waals surface area (Å²) >= 11 is 0. The molecule has 0 atom stereocenters. The lowest BCUT2D eigenvalue weighted by Gasteiger charge is -2.09. The highest BCUT2D eigenvalue weighted by Gasteiger charge is 2.00. The van der Waals surface area contributed by atoms with E-state index >= 15 is 0 Å². The molecule has 2 N–H and O–H groups in total. The van der Waals surface area contributed by atoms with E-state index in [1.165, 1.54) is 12.8 Å². The Morgan fingerprint density at radius 3 is 2.22 bits per heavy atom. The van der Waals surface area contributed by atoms with Gasteiger partial charge in [-0.15, -0.1) is 0 Å². The van der Waals surface area contributed by atoms with Crippen molar-refractivity contribution >= 4 is 0 Å². The molecular formula is C7H17NO. The first-order chi connectivity index (χ1) is 4.35. The summed E-state index contributed by atoms with van der Waals surface area (Å²) in [6, 6.07) is 0. The third kappa shape index (κ3) is 4.43. The lowest BCUT2D eigenvalue weighted by atomic mass is 10.0. The molecule has 0 spiro atoms. The summed E-state index contributed by atoms with van der Waals surface area (Å²) in [6.45, 7) is 5.10. The Balaban J connectivity index is 3.09. The van der Waals surface area contributed by atoms with Crippen molar-refractivity contribution in [3.63, 3.8) is 0 Å². The van der Waals surface area contributed by atoms with Gasteiger partial charge >= 0.3 is 0 Å². The fourth-order valence-corrected chi connectivity index (χ4v) is 0.932. The van der Waals surface area contributed by atoms with Gasteiger partial charge in [0.05, 0.1) is 6.61 Å². The second-order valence-corrected chi connectivity index (χ2v) is 2.34. The van der Waals surface area contributed by atoms with Crippen LogP contribution in [0.15, 0.2) is 0 Å². The fraction of sp³-hybridized carbons (Fsp3) is 1.00. The summed E-state index contributed by atoms with van der Waals surface area (Å²) in [5, 5.41) is 0. The topological polar surface area (TPSA) is 35.2 Å². The van der Waals surface area contributed by atoms with Crippen LogP contribution < -0.4 is 5.90 Å². The van der Waals surface area contributed by atoms with Crippen LogP contribution in [-0.4, -0.2) is 6.61 Å². The Morgan fingerprint density at radius 1 is 1.33 bits per heavy atom. The molecule has 0 aliphatic carbocycles. The number of hydrogen-bond acceptors (Lipinski definition) is 2. The molecule has 0 aromatic carbocycles. The van der Waals surface area contributed by atoms with Gasteiger partial charge in [-0.1, -0.05) is 26.7 Å². The Bertz CT molecular complexity index is 52.9. The van der Waals surface area contributed by atoms with E-state index in [9.17, 15) is 0 Å². The molecule has 0 fully saturated rings. The number of nitrogens with two attached hydrogens (primary N) is 1. The summed E-state index contributed by atoms with van der Waals surface area (Å²) in [4.78, 5) is 4.48. The van der Waals surface area contributed by atoms with Gasteiger partial charge in [-0.3, -0.25) is 0 Å². The molecule has 56 valence electrons. The Hall–Kier alpha value is -0.0800. The molecule has 0 aliphatic rings. The third-order valence-electron chi connectivity index (χ3n) is 1.80. The van der Waals surface area contributed by atoms with Crippen LogP contribution in [0.2, 0.25) is 0 Å². The van der Waals surface area contributed by atoms with Crippen LogP contribution in [0.5, 0.6) is 0 Å². The minimum absolute atomic E-state index is 0.701. The van der Waals surface area contributed by atoms with Gasteiger partial charge in [0.15, 0.2) is 0 Å². The van der Waals surface area contributed by atoms with Crippen LogP contribution in [0.1, 0.15) is 33.1 Å². The summed E-state index contributed by atoms with van der Waals surface area (Å²) in [6.07, 6.45) is 3.57. The molecular weight excluding hydrogens is 114 g/mol. The van der Waals surface area contributed by atoms with E-state index in [1.807, 2.05) is 0 Å². The van der Waals surface area contributed by atoms with E-state index in [-0.39, 0.29) is 0 Å². The van der Waals surface area contributed by atoms with Gasteiger partial charge in [-0.25, -0.2) is 5.90 Å². The quantitative estimate of drug-likeness (QED) is 0.576. The molecule has 0 aromatic heterocycles. The van der Waals surface area contributed by atoms with Crippen molar-refractivity contribution in [1.82, 2.24) is 0 Å². The normalized spacial score (nSPS) is 10.7. The third-order valence-corrected chi connectivity index (χ3v) is 1.80. The molecule has 9 heavy (non-hydrogen) atoms. The first-order valence-corrected chi connectivity index (χ1v) is 3.66. The van der Waals surface area contributed by atoms with Crippen molar-refractivity contribution in [2.24, 2.45) is 11.8 Å². The van der Waals surface area contributed by atoms with Crippen LogP contribution in [0.3, 0.4) is 0 Å². The van der Waals surface area contributed by atoms with E-state index < -0.39 is 0 Å². The molecule has 0 aromatic rings. The molecule has 0 bridgehead atoms. The van der Waals surface area contributed by atoms with Gasteiger partial charge in [-0.2, -0.15) is 0 Å². The summed E-state index contributed by atoms with van der Waals surface area (Å²) in [7, 11) is 0. The Kier molecular flexibility index (Phi) is 5.99. The molecule has 0 saturated heterocycles. The number of rotatable bonds is 5. The summed E-state index contributed by atoms with van der Waals surface area (Å²) in [5.41, 5.74) is 0. The van der Waals surface area contributed by atoms with Crippen molar-refractivity contribution in [3.05, 3.63) is 0 Å². The molecule has 2 heteroatoms. The molecule has 0 amide bonds. The second kappa shape index (κ2) is 6.05. The van der Waals surface area contributed by atoms with Gasteiger partial charge in [0, 0.05) is 0 Å². The smallest absolute Gasteiger partial charge is 0.0681 e. The molecule has 0 heterocycles. The van der Waals surface area contributed by atoms with E-state index in [4.69, 9.17) is 5.90 Å². The Morgan fingerprint density at radius 2 is 1.89 bits per heavy atom. The van der Waals surface area contributed by atoms with Crippen LogP contribution >= 0.6 is 0 Å². The predicted molar refractivity (Wildman–Crippen MR) is 38.8 cm³/mol. The SMILES string of the molecule is CCC(CC)CCON. The van der Waals surface area contributed by atoms with E-state index in [0.29, 0.717) is 6.61 Å². The Labute approximate surface area is 57.3 Å². The van der Waals surface area contributed by atoms with Crippen LogP contribution in [-0.2, 0) is 4.84 Å². The number of hydrogen-bond donors (Lipinski definition) is 1. The van der Waals surface area contributed by atoms with E-state index in [1.54, 1.807) is 0 Å². The molecule has 0 radical (unpaired) electrons. The molecule has 2 nitrogen and oxygen atoms in total. The summed E-state index contributed by atoms with van der Waals surface area (Å²) < 4.78 is 0. The minimum atomic E-state index is 0.701. The average Bonchev–Trinajstić information content (AvgIpc) is 1.91. The van der Waals surface area contributed by atoms with Gasteiger partial charge in [0.25, 0.3) is 0 Å². The first kappa shape index (κ1) is 8.92. The molecule has 0 aliphatic heterocycles. The zero-order chi connectivity index (χ0) is 7.11. The molecule has 0 unspecified atom stereocenters. The maximum atomic E-state index is 4.89. The lowest BCUT2D eigenvalue weighted by molar-refractivity contribution is 0.121. The van der Waals surface area contributed by atoms with E-state index in [2.05, 4.69) is 18.7 Å². The van der Waals surface area contributed by atoms with Gasteiger partial charge in [-0.05, 0) is 12.3 Å². The van der Waals surface area contributed by atoms with Crippen molar-refractivity contribution in [1.29, 1.82) is 0 Å². The fourth-order valence-electron chi connectivity index (χ4n) is 0.932. The van der Waals surface area contributed by atoms with Gasteiger partial charge in [0.1, 0.15) is 0 Å². The van der Waals surface area contributed by atoms with Gasteiger partial charge in [0.2, 0.25) is 0 Å². The van der Waals surface area contributed by atoms with Gasteiger partial charge < -0.3 is 4.84 Å². The van der Waals surface area contributed by atoms with Crippen molar-refractivity contribution < 1.29 is 4.84 Å². The second-order valence-electron chi connectivity index (χ2n) is 2.34. The van der Waals surface area contributed by atoms with Crippen molar-refractivity contribution in [2.45, 2.75) is 33.1 Å². The monoisotopic (exact) mass is 131 g/mol. The lowest BCUT2D eigenvalue weighted by Crippen LogP contribution is -2.06.